The van der Waals surface area contributed by atoms with Gasteiger partial charge in [-0.15, -0.1) is 0 Å². The van der Waals surface area contributed by atoms with E-state index in [1.54, 1.807) is 48.5 Å². The third-order valence-corrected chi connectivity index (χ3v) is 6.56. The molecular formula is C23H24N2O4S. The number of nitrogens with one attached hydrogen (secondary N) is 1. The van der Waals surface area contributed by atoms with E-state index in [4.69, 9.17) is 4.74 Å². The zero-order valence-corrected chi connectivity index (χ0v) is 17.9. The lowest BCUT2D eigenvalue weighted by atomic mass is 10.1. The van der Waals surface area contributed by atoms with Crippen molar-refractivity contribution in [3.63, 3.8) is 0 Å². The molecule has 3 aromatic carbocycles. The van der Waals surface area contributed by atoms with Crippen LogP contribution in [-0.2, 0) is 14.8 Å². The van der Waals surface area contributed by atoms with Gasteiger partial charge in [-0.1, -0.05) is 24.3 Å². The molecule has 7 heteroatoms. The normalized spacial score (nSPS) is 11.0. The summed E-state index contributed by atoms with van der Waals surface area (Å²) < 4.78 is 32.8. The number of hydrogen-bond acceptors (Lipinski definition) is 4. The lowest BCUT2D eigenvalue weighted by Crippen LogP contribution is -2.38. The fourth-order valence-corrected chi connectivity index (χ4v) is 4.38. The Morgan fingerprint density at radius 2 is 1.60 bits per heavy atom. The van der Waals surface area contributed by atoms with E-state index in [1.165, 1.54) is 19.2 Å². The summed E-state index contributed by atoms with van der Waals surface area (Å²) >= 11 is 0. The first-order valence-corrected chi connectivity index (χ1v) is 10.8. The van der Waals surface area contributed by atoms with Crippen molar-refractivity contribution in [2.24, 2.45) is 0 Å². The van der Waals surface area contributed by atoms with Crippen molar-refractivity contribution >= 4 is 27.3 Å². The van der Waals surface area contributed by atoms with E-state index >= 15 is 0 Å². The van der Waals surface area contributed by atoms with Gasteiger partial charge >= 0.3 is 0 Å². The highest BCUT2D eigenvalue weighted by molar-refractivity contribution is 7.92. The van der Waals surface area contributed by atoms with Gasteiger partial charge in [0.25, 0.3) is 10.0 Å². The SMILES string of the molecule is COc1ccc(N(CC(=O)Nc2ccc(C)c(C)c2)S(=O)(=O)c2ccccc2)cc1. The van der Waals surface area contributed by atoms with Gasteiger partial charge in [0.15, 0.2) is 0 Å². The van der Waals surface area contributed by atoms with Crippen LogP contribution in [0.4, 0.5) is 11.4 Å². The molecular weight excluding hydrogens is 400 g/mol. The van der Waals surface area contributed by atoms with Crippen LogP contribution in [0.25, 0.3) is 0 Å². The van der Waals surface area contributed by atoms with Crippen LogP contribution < -0.4 is 14.4 Å². The number of aryl methyl sites for hydroxylation is 2. The number of benzene rings is 3. The second-order valence-corrected chi connectivity index (χ2v) is 8.73. The maximum Gasteiger partial charge on any atom is 0.264 e. The van der Waals surface area contributed by atoms with Gasteiger partial charge in [0, 0.05) is 5.69 Å². The summed E-state index contributed by atoms with van der Waals surface area (Å²) in [6.45, 7) is 3.57. The number of methoxy groups -OCH3 is 1. The minimum absolute atomic E-state index is 0.111. The van der Waals surface area contributed by atoms with Crippen LogP contribution in [0.1, 0.15) is 11.1 Å². The van der Waals surface area contributed by atoms with Crippen LogP contribution in [0, 0.1) is 13.8 Å². The van der Waals surface area contributed by atoms with Gasteiger partial charge in [-0.2, -0.15) is 0 Å². The minimum atomic E-state index is -3.94. The van der Waals surface area contributed by atoms with Gasteiger partial charge in [-0.25, -0.2) is 8.42 Å². The van der Waals surface area contributed by atoms with Crippen molar-refractivity contribution in [1.29, 1.82) is 0 Å². The molecule has 0 heterocycles. The van der Waals surface area contributed by atoms with E-state index < -0.39 is 15.9 Å². The molecule has 0 atom stereocenters. The van der Waals surface area contributed by atoms with Crippen molar-refractivity contribution in [2.75, 3.05) is 23.3 Å². The molecule has 1 N–H and O–H groups in total. The number of amides is 1. The number of nitrogens with zero attached hydrogens (tertiary/aromatic N) is 1. The summed E-state index contributed by atoms with van der Waals surface area (Å²) in [6.07, 6.45) is 0. The Labute approximate surface area is 177 Å². The second-order valence-electron chi connectivity index (χ2n) is 6.87. The Kier molecular flexibility index (Phi) is 6.42. The minimum Gasteiger partial charge on any atom is -0.497 e. The summed E-state index contributed by atoms with van der Waals surface area (Å²) in [6, 6.07) is 20.2. The highest BCUT2D eigenvalue weighted by Crippen LogP contribution is 2.26. The van der Waals surface area contributed by atoms with E-state index in [0.29, 0.717) is 17.1 Å². The molecule has 0 aliphatic carbocycles. The van der Waals surface area contributed by atoms with Crippen LogP contribution in [0.2, 0.25) is 0 Å². The Bertz CT molecular complexity index is 1130. The van der Waals surface area contributed by atoms with E-state index in [1.807, 2.05) is 26.0 Å². The van der Waals surface area contributed by atoms with E-state index in [2.05, 4.69) is 5.32 Å². The van der Waals surface area contributed by atoms with Crippen molar-refractivity contribution in [2.45, 2.75) is 18.7 Å². The number of ether oxygens (including phenoxy) is 1. The van der Waals surface area contributed by atoms with Crippen molar-refractivity contribution in [3.05, 3.63) is 83.9 Å². The highest BCUT2D eigenvalue weighted by atomic mass is 32.2. The van der Waals surface area contributed by atoms with E-state index in [-0.39, 0.29) is 11.4 Å². The number of hydrogen-bond donors (Lipinski definition) is 1. The molecule has 1 amide bonds. The first-order chi connectivity index (χ1) is 14.3. The Hall–Kier alpha value is -3.32. The van der Waals surface area contributed by atoms with Crippen LogP contribution in [0.5, 0.6) is 5.75 Å². The molecule has 0 spiro atoms. The maximum absolute atomic E-state index is 13.3. The standard InChI is InChI=1S/C23H24N2O4S/c1-17-9-10-19(15-18(17)2)24-23(26)16-25(20-11-13-21(29-3)14-12-20)30(27,28)22-7-5-4-6-8-22/h4-15H,16H2,1-3H3,(H,24,26). The second kappa shape index (κ2) is 9.00. The lowest BCUT2D eigenvalue weighted by Gasteiger charge is -2.24. The van der Waals surface area contributed by atoms with Gasteiger partial charge in [0.2, 0.25) is 5.91 Å². The third-order valence-electron chi connectivity index (χ3n) is 4.77. The average molecular weight is 425 g/mol. The molecule has 0 saturated carbocycles. The molecule has 0 radical (unpaired) electrons. The van der Waals surface area contributed by atoms with E-state index in [9.17, 15) is 13.2 Å². The molecule has 0 bridgehead atoms. The number of carbonyl (C=O) groups is 1. The molecule has 0 aliphatic rings. The van der Waals surface area contributed by atoms with E-state index in [0.717, 1.165) is 15.4 Å². The topological polar surface area (TPSA) is 75.7 Å². The molecule has 3 aromatic rings. The van der Waals surface area contributed by atoms with Gasteiger partial charge in [0.1, 0.15) is 12.3 Å². The Balaban J connectivity index is 1.92. The summed E-state index contributed by atoms with van der Waals surface area (Å²) in [5.74, 6) is 0.156. The highest BCUT2D eigenvalue weighted by Gasteiger charge is 2.27. The molecule has 0 saturated heterocycles. The molecule has 0 aromatic heterocycles. The molecule has 0 aliphatic heterocycles. The molecule has 0 fully saturated rings. The van der Waals surface area contributed by atoms with Gasteiger partial charge in [-0.05, 0) is 73.5 Å². The van der Waals surface area contributed by atoms with Crippen molar-refractivity contribution < 1.29 is 17.9 Å². The van der Waals surface area contributed by atoms with Crippen LogP contribution in [0.15, 0.2) is 77.7 Å². The molecule has 6 nitrogen and oxygen atoms in total. The molecule has 156 valence electrons. The summed E-state index contributed by atoms with van der Waals surface area (Å²) in [5, 5.41) is 2.79. The fraction of sp³-hybridized carbons (Fsp3) is 0.174. The number of anilines is 2. The van der Waals surface area contributed by atoms with Crippen LogP contribution in [-0.4, -0.2) is 28.0 Å². The number of rotatable bonds is 7. The van der Waals surface area contributed by atoms with Crippen LogP contribution in [0.3, 0.4) is 0 Å². The van der Waals surface area contributed by atoms with Gasteiger partial charge in [0.05, 0.1) is 17.7 Å². The third kappa shape index (κ3) is 4.80. The molecule has 30 heavy (non-hydrogen) atoms. The quantitative estimate of drug-likeness (QED) is 0.618. The maximum atomic E-state index is 13.3. The van der Waals surface area contributed by atoms with Gasteiger partial charge < -0.3 is 10.1 Å². The van der Waals surface area contributed by atoms with Crippen molar-refractivity contribution in [3.8, 4) is 5.75 Å². The first kappa shape index (κ1) is 21.4. The average Bonchev–Trinajstić information content (AvgIpc) is 2.75. The predicted molar refractivity (Wildman–Crippen MR) is 119 cm³/mol. The summed E-state index contributed by atoms with van der Waals surface area (Å²) in [5.41, 5.74) is 3.14. The summed E-state index contributed by atoms with van der Waals surface area (Å²) in [4.78, 5) is 12.9. The monoisotopic (exact) mass is 424 g/mol. The molecule has 0 unspecified atom stereocenters. The predicted octanol–water partition coefficient (Wildman–Crippen LogP) is 4.15. The van der Waals surface area contributed by atoms with Crippen molar-refractivity contribution in [1.82, 2.24) is 0 Å². The molecule has 3 rings (SSSR count). The largest absolute Gasteiger partial charge is 0.497 e. The zero-order chi connectivity index (χ0) is 21.7. The van der Waals surface area contributed by atoms with Gasteiger partial charge in [-0.3, -0.25) is 9.10 Å². The number of carbonyl (C=O) groups excluding carboxylic acids is 1. The lowest BCUT2D eigenvalue weighted by molar-refractivity contribution is -0.114. The number of sulfonamides is 1. The summed E-state index contributed by atoms with van der Waals surface area (Å²) in [7, 11) is -2.41. The van der Waals surface area contributed by atoms with Crippen LogP contribution >= 0.6 is 0 Å². The Morgan fingerprint density at radius 1 is 0.933 bits per heavy atom. The first-order valence-electron chi connectivity index (χ1n) is 9.40. The zero-order valence-electron chi connectivity index (χ0n) is 17.1. The Morgan fingerprint density at radius 3 is 2.20 bits per heavy atom. The smallest absolute Gasteiger partial charge is 0.264 e. The fourth-order valence-electron chi connectivity index (χ4n) is 2.93.